The molecule has 1 aromatic rings. The van der Waals surface area contributed by atoms with Crippen LogP contribution in [0.2, 0.25) is 0 Å². The number of sulfone groups is 1. The Morgan fingerprint density at radius 1 is 1.37 bits per heavy atom. The molecule has 0 aliphatic carbocycles. The third-order valence-corrected chi connectivity index (χ3v) is 5.35. The normalized spacial score (nSPS) is 21.4. The quantitative estimate of drug-likeness (QED) is 0.838. The fraction of sp³-hybridized carbons (Fsp3) is 0.500. The molecule has 102 valence electrons. The molecule has 1 aliphatic heterocycles. The minimum atomic E-state index is -2.84. The fourth-order valence-electron chi connectivity index (χ4n) is 2.48. The molecule has 0 radical (unpaired) electrons. The zero-order valence-electron chi connectivity index (χ0n) is 11.0. The van der Waals surface area contributed by atoms with Gasteiger partial charge in [-0.05, 0) is 30.7 Å². The van der Waals surface area contributed by atoms with Crippen molar-refractivity contribution in [3.63, 3.8) is 0 Å². The minimum absolute atomic E-state index is 0.130. The maximum Gasteiger partial charge on any atom is 0.151 e. The number of nitrogens with zero attached hydrogens (tertiary/aromatic N) is 2. The first-order chi connectivity index (χ1) is 9.04. The van der Waals surface area contributed by atoms with E-state index < -0.39 is 9.84 Å². The lowest BCUT2D eigenvalue weighted by molar-refractivity contribution is 0.215. The zero-order chi connectivity index (χ0) is 13.9. The minimum Gasteiger partial charge on any atom is -0.295 e. The molecule has 0 spiro atoms. The van der Waals surface area contributed by atoms with Crippen molar-refractivity contribution < 1.29 is 8.42 Å². The van der Waals surface area contributed by atoms with E-state index in [0.717, 1.165) is 25.1 Å². The summed E-state index contributed by atoms with van der Waals surface area (Å²) in [5.41, 5.74) is 1.76. The molecular weight excluding hydrogens is 260 g/mol. The highest BCUT2D eigenvalue weighted by Gasteiger charge is 2.31. The molecular formula is C14H18N2O2S. The van der Waals surface area contributed by atoms with Gasteiger partial charge < -0.3 is 0 Å². The van der Waals surface area contributed by atoms with Gasteiger partial charge in [-0.25, -0.2) is 8.42 Å². The molecule has 19 heavy (non-hydrogen) atoms. The first-order valence-electron chi connectivity index (χ1n) is 6.47. The van der Waals surface area contributed by atoms with Crippen LogP contribution in [0.15, 0.2) is 24.3 Å². The molecule has 0 saturated carbocycles. The standard InChI is InChI=1S/C14H18N2O2S/c1-2-16(14-7-8-19(17,18)11-14)10-13-5-3-12(9-15)4-6-13/h3-6,14H,2,7-8,10-11H2,1H3. The van der Waals surface area contributed by atoms with Crippen LogP contribution in [-0.2, 0) is 16.4 Å². The average molecular weight is 278 g/mol. The highest BCUT2D eigenvalue weighted by Crippen LogP contribution is 2.19. The Balaban J connectivity index is 2.05. The van der Waals surface area contributed by atoms with Crippen LogP contribution >= 0.6 is 0 Å². The molecule has 1 fully saturated rings. The van der Waals surface area contributed by atoms with E-state index in [0.29, 0.717) is 11.3 Å². The van der Waals surface area contributed by atoms with Crippen LogP contribution in [-0.4, -0.2) is 37.4 Å². The molecule has 1 unspecified atom stereocenters. The topological polar surface area (TPSA) is 61.2 Å². The van der Waals surface area contributed by atoms with Crippen molar-refractivity contribution in [2.45, 2.75) is 25.9 Å². The second kappa shape index (κ2) is 5.72. The van der Waals surface area contributed by atoms with E-state index >= 15 is 0 Å². The van der Waals surface area contributed by atoms with Crippen molar-refractivity contribution in [1.82, 2.24) is 4.90 Å². The van der Waals surface area contributed by atoms with Crippen LogP contribution in [0.4, 0.5) is 0 Å². The number of hydrogen-bond donors (Lipinski definition) is 0. The molecule has 1 atom stereocenters. The maximum atomic E-state index is 11.5. The first kappa shape index (κ1) is 14.0. The van der Waals surface area contributed by atoms with E-state index in [1.165, 1.54) is 0 Å². The van der Waals surface area contributed by atoms with Crippen LogP contribution in [0.5, 0.6) is 0 Å². The largest absolute Gasteiger partial charge is 0.295 e. The molecule has 1 aliphatic rings. The van der Waals surface area contributed by atoms with Gasteiger partial charge in [0.25, 0.3) is 0 Å². The molecule has 0 aromatic heterocycles. The average Bonchev–Trinajstić information content (AvgIpc) is 2.77. The van der Waals surface area contributed by atoms with Crippen molar-refractivity contribution in [2.24, 2.45) is 0 Å². The summed E-state index contributed by atoms with van der Waals surface area (Å²) in [5.74, 6) is 0.582. The van der Waals surface area contributed by atoms with Gasteiger partial charge in [0.1, 0.15) is 0 Å². The van der Waals surface area contributed by atoms with Gasteiger partial charge in [0.05, 0.1) is 23.1 Å². The zero-order valence-corrected chi connectivity index (χ0v) is 11.9. The van der Waals surface area contributed by atoms with Crippen molar-refractivity contribution in [3.8, 4) is 6.07 Å². The molecule has 0 N–H and O–H groups in total. The van der Waals surface area contributed by atoms with Crippen LogP contribution in [0.1, 0.15) is 24.5 Å². The van der Waals surface area contributed by atoms with E-state index in [1.807, 2.05) is 12.1 Å². The summed E-state index contributed by atoms with van der Waals surface area (Å²) in [6.45, 7) is 3.62. The number of benzene rings is 1. The summed E-state index contributed by atoms with van der Waals surface area (Å²) in [6, 6.07) is 9.70. The third kappa shape index (κ3) is 3.55. The van der Waals surface area contributed by atoms with Crippen LogP contribution in [0, 0.1) is 11.3 Å². The lowest BCUT2D eigenvalue weighted by Gasteiger charge is -2.26. The summed E-state index contributed by atoms with van der Waals surface area (Å²) >= 11 is 0. The van der Waals surface area contributed by atoms with Gasteiger partial charge in [-0.3, -0.25) is 4.90 Å². The van der Waals surface area contributed by atoms with E-state index in [9.17, 15) is 8.42 Å². The van der Waals surface area contributed by atoms with Crippen LogP contribution in [0.3, 0.4) is 0 Å². The van der Waals surface area contributed by atoms with Crippen molar-refractivity contribution in [2.75, 3.05) is 18.1 Å². The SMILES string of the molecule is CCN(Cc1ccc(C#N)cc1)C1CCS(=O)(=O)C1. The van der Waals surface area contributed by atoms with Crippen molar-refractivity contribution in [3.05, 3.63) is 35.4 Å². The van der Waals surface area contributed by atoms with Crippen molar-refractivity contribution in [1.29, 1.82) is 5.26 Å². The predicted molar refractivity (Wildman–Crippen MR) is 74.3 cm³/mol. The molecule has 5 heteroatoms. The summed E-state index contributed by atoms with van der Waals surface area (Å²) in [4.78, 5) is 2.20. The van der Waals surface area contributed by atoms with Gasteiger partial charge in [-0.2, -0.15) is 5.26 Å². The highest BCUT2D eigenvalue weighted by molar-refractivity contribution is 7.91. The summed E-state index contributed by atoms with van der Waals surface area (Å²) < 4.78 is 23.1. The smallest absolute Gasteiger partial charge is 0.151 e. The van der Waals surface area contributed by atoms with Crippen LogP contribution in [0.25, 0.3) is 0 Å². The molecule has 0 bridgehead atoms. The molecule has 1 saturated heterocycles. The highest BCUT2D eigenvalue weighted by atomic mass is 32.2. The van der Waals surface area contributed by atoms with Gasteiger partial charge in [-0.15, -0.1) is 0 Å². The summed E-state index contributed by atoms with van der Waals surface area (Å²) in [6.07, 6.45) is 0.729. The fourth-order valence-corrected chi connectivity index (χ4v) is 4.24. The van der Waals surface area contributed by atoms with Gasteiger partial charge in [0.2, 0.25) is 0 Å². The van der Waals surface area contributed by atoms with Gasteiger partial charge in [0, 0.05) is 12.6 Å². The summed E-state index contributed by atoms with van der Waals surface area (Å²) in [5, 5.41) is 8.76. The maximum absolute atomic E-state index is 11.5. The van der Waals surface area contributed by atoms with Crippen LogP contribution < -0.4 is 0 Å². The van der Waals surface area contributed by atoms with E-state index in [2.05, 4.69) is 17.9 Å². The monoisotopic (exact) mass is 278 g/mol. The molecule has 4 nitrogen and oxygen atoms in total. The molecule has 2 rings (SSSR count). The first-order valence-corrected chi connectivity index (χ1v) is 8.29. The number of nitriles is 1. The Morgan fingerprint density at radius 2 is 2.05 bits per heavy atom. The van der Waals surface area contributed by atoms with Crippen molar-refractivity contribution >= 4 is 9.84 Å². The lowest BCUT2D eigenvalue weighted by Crippen LogP contribution is -2.35. The van der Waals surface area contributed by atoms with E-state index in [-0.39, 0.29) is 11.8 Å². The Morgan fingerprint density at radius 3 is 2.53 bits per heavy atom. The molecule has 0 amide bonds. The molecule has 1 heterocycles. The lowest BCUT2D eigenvalue weighted by atomic mass is 10.1. The number of rotatable bonds is 4. The Kier molecular flexibility index (Phi) is 4.23. The number of hydrogen-bond acceptors (Lipinski definition) is 4. The summed E-state index contributed by atoms with van der Waals surface area (Å²) in [7, 11) is -2.84. The third-order valence-electron chi connectivity index (χ3n) is 3.60. The Labute approximate surface area is 114 Å². The predicted octanol–water partition coefficient (Wildman–Crippen LogP) is 1.57. The van der Waals surface area contributed by atoms with E-state index in [4.69, 9.17) is 5.26 Å². The Bertz CT molecular complexity index is 572. The van der Waals surface area contributed by atoms with Gasteiger partial charge in [0.15, 0.2) is 9.84 Å². The van der Waals surface area contributed by atoms with Gasteiger partial charge in [-0.1, -0.05) is 19.1 Å². The Hall–Kier alpha value is -1.38. The second-order valence-corrected chi connectivity index (χ2v) is 7.16. The molecule has 1 aromatic carbocycles. The second-order valence-electron chi connectivity index (χ2n) is 4.93. The van der Waals surface area contributed by atoms with E-state index in [1.54, 1.807) is 12.1 Å². The van der Waals surface area contributed by atoms with Gasteiger partial charge >= 0.3 is 0 Å².